The first-order chi connectivity index (χ1) is 12.1. The van der Waals surface area contributed by atoms with Gasteiger partial charge in [-0.1, -0.05) is 42.4 Å². The summed E-state index contributed by atoms with van der Waals surface area (Å²) in [6.07, 6.45) is 1.39. The number of carbonyl (C=O) groups excluding carboxylic acids is 1. The van der Waals surface area contributed by atoms with Crippen LogP contribution in [0, 0.1) is 0 Å². The number of carbonyl (C=O) groups is 1. The lowest BCUT2D eigenvalue weighted by atomic mass is 10.2. The fourth-order valence-electron chi connectivity index (χ4n) is 2.71. The molecule has 25 heavy (non-hydrogen) atoms. The maximum atomic E-state index is 12.6. The molecule has 0 radical (unpaired) electrons. The summed E-state index contributed by atoms with van der Waals surface area (Å²) in [5, 5.41) is 4.68. The topological polar surface area (TPSA) is 58.1 Å². The summed E-state index contributed by atoms with van der Waals surface area (Å²) in [6, 6.07) is 7.55. The molecule has 0 atom stereocenters. The van der Waals surface area contributed by atoms with E-state index >= 15 is 0 Å². The van der Waals surface area contributed by atoms with Crippen LogP contribution in [0.4, 0.5) is 11.6 Å². The van der Waals surface area contributed by atoms with E-state index in [4.69, 9.17) is 11.6 Å². The van der Waals surface area contributed by atoms with Gasteiger partial charge in [-0.25, -0.2) is 9.97 Å². The Morgan fingerprint density at radius 2 is 2.00 bits per heavy atom. The van der Waals surface area contributed by atoms with Crippen molar-refractivity contribution < 1.29 is 4.79 Å². The minimum absolute atomic E-state index is 0.0519. The van der Waals surface area contributed by atoms with E-state index in [0.29, 0.717) is 23.1 Å². The van der Waals surface area contributed by atoms with E-state index < -0.39 is 0 Å². The zero-order chi connectivity index (χ0) is 17.8. The van der Waals surface area contributed by atoms with Gasteiger partial charge in [-0.2, -0.15) is 0 Å². The van der Waals surface area contributed by atoms with Gasteiger partial charge in [-0.3, -0.25) is 9.69 Å². The second-order valence-corrected chi connectivity index (χ2v) is 7.32. The maximum absolute atomic E-state index is 12.6. The van der Waals surface area contributed by atoms with E-state index in [0.717, 1.165) is 41.5 Å². The van der Waals surface area contributed by atoms with Crippen LogP contribution in [0.3, 0.4) is 0 Å². The summed E-state index contributed by atoms with van der Waals surface area (Å²) in [7, 11) is 0. The predicted molar refractivity (Wildman–Crippen MR) is 104 cm³/mol. The molecule has 0 unspecified atom stereocenters. The molecule has 1 aromatic carbocycles. The zero-order valence-electron chi connectivity index (χ0n) is 14.4. The summed E-state index contributed by atoms with van der Waals surface area (Å²) in [6.45, 7) is 5.40. The van der Waals surface area contributed by atoms with Gasteiger partial charge in [0.15, 0.2) is 5.16 Å². The van der Waals surface area contributed by atoms with E-state index in [1.165, 1.54) is 0 Å². The van der Waals surface area contributed by atoms with Crippen molar-refractivity contribution in [1.29, 1.82) is 0 Å². The van der Waals surface area contributed by atoms with E-state index in [9.17, 15) is 4.79 Å². The third-order valence-electron chi connectivity index (χ3n) is 3.88. The van der Waals surface area contributed by atoms with Gasteiger partial charge in [0.25, 0.3) is 0 Å². The van der Waals surface area contributed by atoms with Crippen LogP contribution in [-0.4, -0.2) is 28.2 Å². The second kappa shape index (κ2) is 8.06. The average Bonchev–Trinajstić information content (AvgIpc) is 2.91. The smallest absolute Gasteiger partial charge is 0.233 e. The van der Waals surface area contributed by atoms with Gasteiger partial charge >= 0.3 is 0 Å². The number of aromatic nitrogens is 2. The molecule has 1 aromatic heterocycles. The molecule has 1 aliphatic heterocycles. The fraction of sp³-hybridized carbons (Fsp3) is 0.389. The number of benzene rings is 1. The number of nitrogens with one attached hydrogen (secondary N) is 1. The number of hydrogen-bond donors (Lipinski definition) is 1. The zero-order valence-corrected chi connectivity index (χ0v) is 16.0. The summed E-state index contributed by atoms with van der Waals surface area (Å²) in [4.78, 5) is 23.6. The number of rotatable bonds is 7. The molecule has 7 heteroatoms. The van der Waals surface area contributed by atoms with Crippen LogP contribution >= 0.6 is 23.4 Å². The molecule has 3 rings (SSSR count). The number of hydrogen-bond acceptors (Lipinski definition) is 5. The number of anilines is 2. The summed E-state index contributed by atoms with van der Waals surface area (Å²) >= 11 is 7.57. The molecular formula is C18H21ClN4OS. The average molecular weight is 377 g/mol. The van der Waals surface area contributed by atoms with Crippen LogP contribution in [0.25, 0.3) is 0 Å². The Balaban J connectivity index is 1.94. The van der Waals surface area contributed by atoms with Crippen molar-refractivity contribution in [2.45, 2.75) is 38.4 Å². The third kappa shape index (κ3) is 4.07. The molecule has 0 bridgehead atoms. The van der Waals surface area contributed by atoms with Gasteiger partial charge in [-0.15, -0.1) is 0 Å². The molecule has 0 spiro atoms. The highest BCUT2D eigenvalue weighted by Crippen LogP contribution is 2.35. The number of nitrogens with zero attached hydrogens (tertiary/aromatic N) is 3. The molecule has 0 saturated carbocycles. The van der Waals surface area contributed by atoms with Gasteiger partial charge in [-0.05, 0) is 31.0 Å². The number of amides is 1. The minimum Gasteiger partial charge on any atom is -0.370 e. The predicted octanol–water partition coefficient (Wildman–Crippen LogP) is 4.15. The lowest BCUT2D eigenvalue weighted by Crippen LogP contribution is -2.26. The van der Waals surface area contributed by atoms with Crippen molar-refractivity contribution >= 4 is 40.9 Å². The fourth-order valence-corrected chi connectivity index (χ4v) is 3.53. The molecule has 2 heterocycles. The van der Waals surface area contributed by atoms with Gasteiger partial charge in [0.1, 0.15) is 11.6 Å². The lowest BCUT2D eigenvalue weighted by Gasteiger charge is -2.18. The van der Waals surface area contributed by atoms with Gasteiger partial charge < -0.3 is 5.32 Å². The summed E-state index contributed by atoms with van der Waals surface area (Å²) in [5.41, 5.74) is 1.92. The SMILES string of the molecule is CCCSc1nc(NCC)c2c(n1)N(Cc1ccc(Cl)cc1)C(=O)C2. The quantitative estimate of drug-likeness (QED) is 0.581. The van der Waals surface area contributed by atoms with E-state index in [1.807, 2.05) is 31.2 Å². The monoisotopic (exact) mass is 376 g/mol. The van der Waals surface area contributed by atoms with Crippen molar-refractivity contribution in [3.8, 4) is 0 Å². The first kappa shape index (κ1) is 18.0. The Morgan fingerprint density at radius 1 is 1.24 bits per heavy atom. The largest absolute Gasteiger partial charge is 0.370 e. The first-order valence-corrected chi connectivity index (χ1v) is 9.81. The number of thioether (sulfide) groups is 1. The van der Waals surface area contributed by atoms with Gasteiger partial charge in [0, 0.05) is 22.9 Å². The number of fused-ring (bicyclic) bond motifs is 1. The van der Waals surface area contributed by atoms with Crippen molar-refractivity contribution in [1.82, 2.24) is 9.97 Å². The van der Waals surface area contributed by atoms with Crippen molar-refractivity contribution in [3.05, 3.63) is 40.4 Å². The second-order valence-electron chi connectivity index (χ2n) is 5.82. The Bertz CT molecular complexity index is 766. The molecule has 0 aliphatic carbocycles. The van der Waals surface area contributed by atoms with Crippen LogP contribution < -0.4 is 10.2 Å². The molecular weight excluding hydrogens is 356 g/mol. The Morgan fingerprint density at radius 3 is 2.68 bits per heavy atom. The maximum Gasteiger partial charge on any atom is 0.233 e. The lowest BCUT2D eigenvalue weighted by molar-refractivity contribution is -0.117. The molecule has 132 valence electrons. The van der Waals surface area contributed by atoms with Gasteiger partial charge in [0.05, 0.1) is 13.0 Å². The molecule has 0 fully saturated rings. The van der Waals surface area contributed by atoms with E-state index in [-0.39, 0.29) is 5.91 Å². The summed E-state index contributed by atoms with van der Waals surface area (Å²) < 4.78 is 0. The Kier molecular flexibility index (Phi) is 5.81. The molecule has 1 aliphatic rings. The van der Waals surface area contributed by atoms with Crippen LogP contribution in [0.15, 0.2) is 29.4 Å². The third-order valence-corrected chi connectivity index (χ3v) is 5.19. The standard InChI is InChI=1S/C18H21ClN4OS/c1-3-9-25-18-21-16(20-4-2)14-10-15(24)23(17(14)22-18)11-12-5-7-13(19)8-6-12/h5-8H,3-4,9-11H2,1-2H3,(H,20,21,22). The van der Waals surface area contributed by atoms with E-state index in [1.54, 1.807) is 16.7 Å². The van der Waals surface area contributed by atoms with Crippen molar-refractivity contribution in [2.24, 2.45) is 0 Å². The molecule has 1 N–H and O–H groups in total. The minimum atomic E-state index is 0.0519. The normalized spacial score (nSPS) is 13.2. The Labute approximate surface area is 157 Å². The highest BCUT2D eigenvalue weighted by Gasteiger charge is 2.32. The first-order valence-electron chi connectivity index (χ1n) is 8.44. The number of halogens is 1. The molecule has 2 aromatic rings. The summed E-state index contributed by atoms with van der Waals surface area (Å²) in [5.74, 6) is 2.51. The van der Waals surface area contributed by atoms with Crippen LogP contribution in [0.2, 0.25) is 5.02 Å². The van der Waals surface area contributed by atoms with Crippen LogP contribution in [0.1, 0.15) is 31.4 Å². The van der Waals surface area contributed by atoms with Crippen molar-refractivity contribution in [3.63, 3.8) is 0 Å². The molecule has 5 nitrogen and oxygen atoms in total. The van der Waals surface area contributed by atoms with Crippen LogP contribution in [-0.2, 0) is 17.8 Å². The van der Waals surface area contributed by atoms with E-state index in [2.05, 4.69) is 22.2 Å². The molecule has 0 saturated heterocycles. The van der Waals surface area contributed by atoms with Crippen LogP contribution in [0.5, 0.6) is 0 Å². The highest BCUT2D eigenvalue weighted by molar-refractivity contribution is 7.99. The van der Waals surface area contributed by atoms with Crippen molar-refractivity contribution in [2.75, 3.05) is 22.5 Å². The molecule has 1 amide bonds. The highest BCUT2D eigenvalue weighted by atomic mass is 35.5. The Hall–Kier alpha value is -1.79. The van der Waals surface area contributed by atoms with Gasteiger partial charge in [0.2, 0.25) is 5.91 Å².